The number of fused-ring (bicyclic) bond motifs is 1. The van der Waals surface area contributed by atoms with Crippen molar-refractivity contribution in [2.75, 3.05) is 32.7 Å². The molecule has 10 atom stereocenters. The summed E-state index contributed by atoms with van der Waals surface area (Å²) in [6.07, 6.45) is 0.218. The number of rotatable bonds is 28. The van der Waals surface area contributed by atoms with Crippen LogP contribution in [0, 0.1) is 5.92 Å². The van der Waals surface area contributed by atoms with Crippen LogP contribution in [0.5, 0.6) is 0 Å². The molecule has 14 amide bonds. The monoisotopic (exact) mass is 1430 g/mol. The number of hydrogen-bond donors (Lipinski definition) is 17. The molecule has 2 aliphatic heterocycles. The highest BCUT2D eigenvalue weighted by atomic mass is 35.5. The summed E-state index contributed by atoms with van der Waals surface area (Å²) in [6.45, 7) is 3.41. The SMILES string of the molecule is CC(=O)N[C@H](Cc1ccc2ccccc2c1)C(=O)N[C@H](Cc1ccc(Cl)cc1)C(=O)N[C@H](Cc1cccnc1)C(=O)N[C@@H](CC(=O)NN)C(=O)N[C@H]1CCC(=O)NCC(=O)NCC[C@@H](C(=O)N2CCC[C@H]2C(=O)NC(CN)C(N)=O)NC(=O)[C@H](CC(C)C)NC(=O)[C@@H](CCCN=C(N)N)NC1=O. The molecule has 0 aliphatic carbocycles. The number of primary amides is 1. The Labute approximate surface area is 593 Å². The number of benzene rings is 3. The Balaban J connectivity index is 1.30. The minimum absolute atomic E-state index is 0.000396. The van der Waals surface area contributed by atoms with E-state index in [9.17, 15) is 67.1 Å². The van der Waals surface area contributed by atoms with Gasteiger partial charge in [-0.3, -0.25) is 82.5 Å². The summed E-state index contributed by atoms with van der Waals surface area (Å²) < 4.78 is 0. The first kappa shape index (κ1) is 80.1. The summed E-state index contributed by atoms with van der Waals surface area (Å²) in [7, 11) is 0. The molecule has 2 saturated heterocycles. The highest BCUT2D eigenvalue weighted by molar-refractivity contribution is 6.30. The van der Waals surface area contributed by atoms with Crippen molar-refractivity contribution >= 4 is 111 Å². The maximum Gasteiger partial charge on any atom is 0.245 e. The number of hydrogen-bond acceptors (Lipinski definition) is 18. The Morgan fingerprint density at radius 3 is 1.92 bits per heavy atom. The van der Waals surface area contributed by atoms with E-state index in [1.807, 2.05) is 41.8 Å². The van der Waals surface area contributed by atoms with Gasteiger partial charge in [0.2, 0.25) is 82.7 Å². The third-order valence-electron chi connectivity index (χ3n) is 16.7. The number of nitrogens with zero attached hydrogens (tertiary/aromatic N) is 3. The van der Waals surface area contributed by atoms with E-state index in [4.69, 9.17) is 40.4 Å². The molecule has 6 rings (SSSR count). The normalized spacial score (nSPS) is 19.3. The van der Waals surface area contributed by atoms with Gasteiger partial charge in [-0.25, -0.2) is 5.84 Å². The van der Waals surface area contributed by atoms with Gasteiger partial charge in [0.25, 0.3) is 0 Å². The van der Waals surface area contributed by atoms with E-state index in [1.54, 1.807) is 56.3 Å². The predicted molar refractivity (Wildman–Crippen MR) is 373 cm³/mol. The Morgan fingerprint density at radius 2 is 1.29 bits per heavy atom. The number of halogens is 1. The zero-order valence-electron chi connectivity index (χ0n) is 56.9. The quantitative estimate of drug-likeness (QED) is 0.00638. The lowest BCUT2D eigenvalue weighted by Crippen LogP contribution is -2.61. The molecule has 4 aromatic rings. The molecule has 550 valence electrons. The van der Waals surface area contributed by atoms with Gasteiger partial charge >= 0.3 is 0 Å². The molecule has 35 heteroatoms. The molecule has 0 bridgehead atoms. The fourth-order valence-electron chi connectivity index (χ4n) is 11.4. The van der Waals surface area contributed by atoms with Crippen molar-refractivity contribution in [1.29, 1.82) is 0 Å². The van der Waals surface area contributed by atoms with Crippen molar-refractivity contribution < 1.29 is 67.1 Å². The van der Waals surface area contributed by atoms with Gasteiger partial charge in [0.15, 0.2) is 5.96 Å². The lowest BCUT2D eigenvalue weighted by molar-refractivity contribution is -0.142. The van der Waals surface area contributed by atoms with Gasteiger partial charge in [-0.1, -0.05) is 86.1 Å². The average Bonchev–Trinajstić information content (AvgIpc) is 1.61. The maximum absolute atomic E-state index is 14.9. The second-order valence-electron chi connectivity index (χ2n) is 25.2. The topological polar surface area (TPSA) is 542 Å². The van der Waals surface area contributed by atoms with Crippen LogP contribution < -0.4 is 92.7 Å². The van der Waals surface area contributed by atoms with Crippen LogP contribution in [0.1, 0.15) is 95.2 Å². The van der Waals surface area contributed by atoms with Crippen molar-refractivity contribution in [3.05, 3.63) is 113 Å². The minimum Gasteiger partial charge on any atom is -0.370 e. The van der Waals surface area contributed by atoms with Crippen LogP contribution in [0.2, 0.25) is 5.02 Å². The summed E-state index contributed by atoms with van der Waals surface area (Å²) >= 11 is 6.23. The predicted octanol–water partition coefficient (Wildman–Crippen LogP) is -4.37. The molecule has 2 fully saturated rings. The first-order valence-electron chi connectivity index (χ1n) is 33.3. The van der Waals surface area contributed by atoms with Gasteiger partial charge in [-0.2, -0.15) is 0 Å². The number of carbonyl (C=O) groups excluding carboxylic acids is 14. The maximum atomic E-state index is 14.9. The number of amides is 14. The van der Waals surface area contributed by atoms with Crippen LogP contribution in [0.3, 0.4) is 0 Å². The smallest absolute Gasteiger partial charge is 0.245 e. The molecule has 102 heavy (non-hydrogen) atoms. The number of likely N-dealkylation sites (tertiary alicyclic amines) is 1. The van der Waals surface area contributed by atoms with E-state index in [-0.39, 0.29) is 89.4 Å². The van der Waals surface area contributed by atoms with E-state index >= 15 is 0 Å². The Kier molecular flexibility index (Phi) is 31.3. The third kappa shape index (κ3) is 25.7. The molecule has 0 saturated carbocycles. The molecule has 3 aromatic carbocycles. The fraction of sp³-hybridized carbons (Fsp3) is 0.463. The van der Waals surface area contributed by atoms with Crippen molar-refractivity contribution in [1.82, 2.24) is 73.8 Å². The molecule has 1 unspecified atom stereocenters. The van der Waals surface area contributed by atoms with E-state index in [0.717, 1.165) is 10.8 Å². The molecule has 0 spiro atoms. The molecule has 3 heterocycles. The lowest BCUT2D eigenvalue weighted by Gasteiger charge is -2.31. The van der Waals surface area contributed by atoms with Gasteiger partial charge in [0, 0.05) is 76.2 Å². The van der Waals surface area contributed by atoms with E-state index in [2.05, 4.69) is 68.5 Å². The first-order valence-corrected chi connectivity index (χ1v) is 33.7. The molecule has 2 aliphatic rings. The van der Waals surface area contributed by atoms with Crippen LogP contribution in [0.15, 0.2) is 96.2 Å². The third-order valence-corrected chi connectivity index (χ3v) is 16.9. The minimum atomic E-state index is -1.95. The van der Waals surface area contributed by atoms with Gasteiger partial charge in [0.1, 0.15) is 60.4 Å². The van der Waals surface area contributed by atoms with Crippen LogP contribution in [0.25, 0.3) is 10.8 Å². The highest BCUT2D eigenvalue weighted by Crippen LogP contribution is 2.22. The second-order valence-corrected chi connectivity index (χ2v) is 25.6. The van der Waals surface area contributed by atoms with Crippen molar-refractivity contribution in [2.24, 2.45) is 39.7 Å². The number of nitrogens with one attached hydrogen (secondary N) is 12. The second kappa shape index (κ2) is 39.8. The zero-order chi connectivity index (χ0) is 74.6. The standard InChI is InChI=1S/C67H91ClN20O14/c1-36(2)27-47-60(96)81-46(66(102)88-26-8-13-53(88)65(101)86-52(33-69)57(70)93)22-25-75-56(92)35-77-54(90)21-20-45(59(95)79-44(58(94)82-47)12-7-24-76-67(71)72)80-64(100)51(32-55(91)87-73)85-63(99)50(31-40-9-6-23-74-34-40)84-62(98)49(29-38-15-18-43(68)19-16-38)83-61(97)48(78-37(3)89)30-39-14-17-41-10-4-5-11-42(41)28-39/h4-6,9-11,14-19,23,28,34,36,44-53H,7-8,12-13,20-22,24-27,29-33,35,69,73H2,1-3H3,(H2,70,93)(H,75,92)(H,77,90)(H,78,89)(H,79,95)(H,80,100)(H,81,96)(H,82,94)(H,83,97)(H,84,98)(H,85,99)(H,86,101)(H,87,91)(H4,71,72,76)/t44-,45+,46+,47+,48-,49-,50-,51+,52?,53+/m1/s1. The van der Waals surface area contributed by atoms with E-state index in [1.165, 1.54) is 24.2 Å². The van der Waals surface area contributed by atoms with E-state index < -0.39 is 169 Å². The number of aliphatic imine (C=N–C) groups is 1. The number of hydrazine groups is 1. The Morgan fingerprint density at radius 1 is 0.667 bits per heavy atom. The first-order chi connectivity index (χ1) is 48.6. The van der Waals surface area contributed by atoms with Crippen molar-refractivity contribution in [3.63, 3.8) is 0 Å². The van der Waals surface area contributed by atoms with Crippen LogP contribution >= 0.6 is 11.6 Å². The summed E-state index contributed by atoms with van der Waals surface area (Å²) in [6, 6.07) is 7.66. The summed E-state index contributed by atoms with van der Waals surface area (Å²) in [5, 5.41) is 30.6. The number of aromatic nitrogens is 1. The number of guanidine groups is 1. The molecule has 1 aromatic heterocycles. The van der Waals surface area contributed by atoms with Crippen molar-refractivity contribution in [3.8, 4) is 0 Å². The van der Waals surface area contributed by atoms with Crippen LogP contribution in [-0.2, 0) is 86.4 Å². The largest absolute Gasteiger partial charge is 0.370 e. The summed E-state index contributed by atoms with van der Waals surface area (Å²) in [5.74, 6) is -7.67. The fourth-order valence-corrected chi connectivity index (χ4v) is 11.6. The van der Waals surface area contributed by atoms with Gasteiger partial charge in [-0.05, 0) is 96.5 Å². The Hall–Kier alpha value is -10.9. The molecular weight excluding hydrogens is 1340 g/mol. The zero-order valence-corrected chi connectivity index (χ0v) is 57.6. The summed E-state index contributed by atoms with van der Waals surface area (Å²) in [5.41, 5.74) is 25.7. The molecular formula is C67H91ClN20O14. The number of nitrogens with two attached hydrogens (primary N) is 5. The Bertz CT molecular complexity index is 3690. The summed E-state index contributed by atoms with van der Waals surface area (Å²) in [4.78, 5) is 205. The molecule has 34 nitrogen and oxygen atoms in total. The van der Waals surface area contributed by atoms with E-state index in [0.29, 0.717) is 28.1 Å². The highest BCUT2D eigenvalue weighted by Gasteiger charge is 2.41. The number of pyridine rings is 1. The van der Waals surface area contributed by atoms with Crippen molar-refractivity contribution in [2.45, 2.75) is 158 Å². The van der Waals surface area contributed by atoms with Gasteiger partial charge < -0.3 is 86.3 Å². The lowest BCUT2D eigenvalue weighted by atomic mass is 9.99. The average molecular weight is 1440 g/mol. The van der Waals surface area contributed by atoms with Crippen LogP contribution in [-0.4, -0.2) is 192 Å². The van der Waals surface area contributed by atoms with Crippen LogP contribution in [0.4, 0.5) is 0 Å². The molecule has 22 N–H and O–H groups in total. The van der Waals surface area contributed by atoms with Gasteiger partial charge in [0.05, 0.1) is 13.0 Å². The van der Waals surface area contributed by atoms with Gasteiger partial charge in [-0.15, -0.1) is 0 Å². The number of carbonyl (C=O) groups is 14. The molecule has 0 radical (unpaired) electrons.